The van der Waals surface area contributed by atoms with E-state index in [0.29, 0.717) is 12.0 Å². The second-order valence-electron chi connectivity index (χ2n) is 5.78. The second kappa shape index (κ2) is 10.6. The molecule has 0 aliphatic carbocycles. The van der Waals surface area contributed by atoms with Crippen molar-refractivity contribution in [3.63, 3.8) is 0 Å². The van der Waals surface area contributed by atoms with Gasteiger partial charge in [0.2, 0.25) is 5.91 Å². The summed E-state index contributed by atoms with van der Waals surface area (Å²) in [4.78, 5) is 14.5. The van der Waals surface area contributed by atoms with Crippen molar-refractivity contribution >= 4 is 30.7 Å². The minimum Gasteiger partial charge on any atom is -0.383 e. The monoisotopic (exact) mass is 341 g/mol. The molecule has 1 amide bonds. The molecule has 0 aromatic carbocycles. The maximum Gasteiger partial charge on any atom is 0.223 e. The Morgan fingerprint density at radius 3 is 2.71 bits per heavy atom. The van der Waals surface area contributed by atoms with E-state index in [9.17, 15) is 4.79 Å². The molecular formula is C14H29Cl2N3O2. The fourth-order valence-corrected chi connectivity index (χ4v) is 2.89. The van der Waals surface area contributed by atoms with E-state index in [2.05, 4.69) is 15.5 Å². The lowest BCUT2D eigenvalue weighted by Crippen LogP contribution is -2.51. The van der Waals surface area contributed by atoms with Crippen LogP contribution in [0.1, 0.15) is 19.8 Å². The van der Waals surface area contributed by atoms with E-state index in [4.69, 9.17) is 4.74 Å². The fourth-order valence-electron chi connectivity index (χ4n) is 2.89. The first kappa shape index (κ1) is 20.9. The van der Waals surface area contributed by atoms with Gasteiger partial charge >= 0.3 is 0 Å². The molecule has 2 aliphatic heterocycles. The molecule has 2 fully saturated rings. The first-order chi connectivity index (χ1) is 9.22. The van der Waals surface area contributed by atoms with Gasteiger partial charge in [0, 0.05) is 32.2 Å². The molecule has 5 nitrogen and oxygen atoms in total. The lowest BCUT2D eigenvalue weighted by molar-refractivity contribution is -0.126. The Labute approximate surface area is 140 Å². The van der Waals surface area contributed by atoms with Crippen LogP contribution in [0.15, 0.2) is 0 Å². The summed E-state index contributed by atoms with van der Waals surface area (Å²) in [5.41, 5.74) is 0. The largest absolute Gasteiger partial charge is 0.383 e. The van der Waals surface area contributed by atoms with Gasteiger partial charge in [0.05, 0.1) is 6.61 Å². The molecule has 2 unspecified atom stereocenters. The zero-order valence-electron chi connectivity index (χ0n) is 13.0. The molecular weight excluding hydrogens is 313 g/mol. The lowest BCUT2D eigenvalue weighted by atomic mass is 9.88. The van der Waals surface area contributed by atoms with Crippen molar-refractivity contribution in [1.29, 1.82) is 0 Å². The van der Waals surface area contributed by atoms with Crippen LogP contribution in [-0.4, -0.2) is 63.3 Å². The van der Waals surface area contributed by atoms with Crippen LogP contribution in [0.2, 0.25) is 0 Å². The Bertz CT molecular complexity index is 304. The number of nitrogens with one attached hydrogen (secondary N) is 2. The molecule has 126 valence electrons. The van der Waals surface area contributed by atoms with Crippen LogP contribution >= 0.6 is 24.8 Å². The summed E-state index contributed by atoms with van der Waals surface area (Å²) in [5, 5.41) is 6.35. The molecule has 2 aliphatic rings. The van der Waals surface area contributed by atoms with Crippen molar-refractivity contribution < 1.29 is 9.53 Å². The predicted octanol–water partition coefficient (Wildman–Crippen LogP) is 0.912. The van der Waals surface area contributed by atoms with E-state index in [-0.39, 0.29) is 36.6 Å². The van der Waals surface area contributed by atoms with E-state index in [0.717, 1.165) is 39.3 Å². The zero-order valence-corrected chi connectivity index (χ0v) is 14.6. The first-order valence-corrected chi connectivity index (χ1v) is 7.43. The third-order valence-corrected chi connectivity index (χ3v) is 4.53. The minimum atomic E-state index is 0. The topological polar surface area (TPSA) is 53.6 Å². The van der Waals surface area contributed by atoms with E-state index in [1.165, 1.54) is 12.8 Å². The van der Waals surface area contributed by atoms with Crippen molar-refractivity contribution in [3.05, 3.63) is 0 Å². The van der Waals surface area contributed by atoms with Gasteiger partial charge in [-0.05, 0) is 38.4 Å². The van der Waals surface area contributed by atoms with Crippen molar-refractivity contribution in [2.75, 3.05) is 46.4 Å². The molecule has 2 heterocycles. The molecule has 0 bridgehead atoms. The number of methoxy groups -OCH3 is 1. The number of hydrogen-bond donors (Lipinski definition) is 2. The number of carbonyl (C=O) groups excluding carboxylic acids is 1. The maximum atomic E-state index is 12.1. The van der Waals surface area contributed by atoms with E-state index >= 15 is 0 Å². The first-order valence-electron chi connectivity index (χ1n) is 7.43. The molecule has 0 saturated carbocycles. The average molecular weight is 342 g/mol. The highest BCUT2D eigenvalue weighted by atomic mass is 35.5. The van der Waals surface area contributed by atoms with Crippen LogP contribution in [0.4, 0.5) is 0 Å². The highest BCUT2D eigenvalue weighted by molar-refractivity contribution is 5.85. The van der Waals surface area contributed by atoms with Crippen molar-refractivity contribution in [2.24, 2.45) is 11.8 Å². The number of likely N-dealkylation sites (tertiary alicyclic amines) is 1. The number of amides is 1. The normalized spacial score (nSPS) is 23.6. The summed E-state index contributed by atoms with van der Waals surface area (Å²) < 4.78 is 5.13. The van der Waals surface area contributed by atoms with Gasteiger partial charge in [0.15, 0.2) is 0 Å². The molecule has 2 rings (SSSR count). The van der Waals surface area contributed by atoms with Gasteiger partial charge in [0.25, 0.3) is 0 Å². The lowest BCUT2D eigenvalue weighted by Gasteiger charge is -2.32. The standard InChI is InChI=1S/C14H27N3O2.2ClH/c1-11(12-8-15-9-12)14(18)16-10-13-4-3-5-17(13)6-7-19-2;;/h11-13,15H,3-10H2,1-2H3,(H,16,18);2*1H. The summed E-state index contributed by atoms with van der Waals surface area (Å²) >= 11 is 0. The summed E-state index contributed by atoms with van der Waals surface area (Å²) in [7, 11) is 1.74. The summed E-state index contributed by atoms with van der Waals surface area (Å²) in [5.74, 6) is 0.869. The van der Waals surface area contributed by atoms with Crippen LogP contribution in [0, 0.1) is 11.8 Å². The Balaban J connectivity index is 0.00000200. The molecule has 0 spiro atoms. The number of nitrogens with zero attached hydrogens (tertiary/aromatic N) is 1. The Hall–Kier alpha value is -0.0700. The smallest absolute Gasteiger partial charge is 0.223 e. The van der Waals surface area contributed by atoms with Crippen LogP contribution in [0.25, 0.3) is 0 Å². The van der Waals surface area contributed by atoms with Crippen molar-refractivity contribution in [3.8, 4) is 0 Å². The van der Waals surface area contributed by atoms with Crippen molar-refractivity contribution in [2.45, 2.75) is 25.8 Å². The van der Waals surface area contributed by atoms with Gasteiger partial charge in [-0.2, -0.15) is 0 Å². The maximum absolute atomic E-state index is 12.1. The predicted molar refractivity (Wildman–Crippen MR) is 89.5 cm³/mol. The second-order valence-corrected chi connectivity index (χ2v) is 5.78. The van der Waals surface area contributed by atoms with Gasteiger partial charge in [-0.3, -0.25) is 9.69 Å². The van der Waals surface area contributed by atoms with Crippen LogP contribution in [-0.2, 0) is 9.53 Å². The highest BCUT2D eigenvalue weighted by Gasteiger charge is 2.30. The Morgan fingerprint density at radius 2 is 2.14 bits per heavy atom. The molecule has 2 saturated heterocycles. The van der Waals surface area contributed by atoms with Crippen LogP contribution in [0.5, 0.6) is 0 Å². The van der Waals surface area contributed by atoms with E-state index in [1.807, 2.05) is 6.92 Å². The summed E-state index contributed by atoms with van der Waals surface area (Å²) in [6, 6.07) is 0.491. The summed E-state index contributed by atoms with van der Waals surface area (Å²) in [6.45, 7) is 7.67. The summed E-state index contributed by atoms with van der Waals surface area (Å²) in [6.07, 6.45) is 2.41. The van der Waals surface area contributed by atoms with Gasteiger partial charge in [-0.15, -0.1) is 24.8 Å². The number of ether oxygens (including phenoxy) is 1. The van der Waals surface area contributed by atoms with Gasteiger partial charge in [-0.25, -0.2) is 0 Å². The van der Waals surface area contributed by atoms with Gasteiger partial charge < -0.3 is 15.4 Å². The molecule has 0 aromatic heterocycles. The fraction of sp³-hybridized carbons (Fsp3) is 0.929. The Morgan fingerprint density at radius 1 is 1.43 bits per heavy atom. The molecule has 2 atom stereocenters. The zero-order chi connectivity index (χ0) is 13.7. The molecule has 21 heavy (non-hydrogen) atoms. The number of rotatable bonds is 7. The number of hydrogen-bond acceptors (Lipinski definition) is 4. The number of carbonyl (C=O) groups is 1. The number of halogens is 2. The third kappa shape index (κ3) is 5.91. The Kier molecular flexibility index (Phi) is 10.6. The third-order valence-electron chi connectivity index (χ3n) is 4.53. The van der Waals surface area contributed by atoms with Crippen molar-refractivity contribution in [1.82, 2.24) is 15.5 Å². The average Bonchev–Trinajstić information content (AvgIpc) is 2.78. The highest BCUT2D eigenvalue weighted by Crippen LogP contribution is 2.18. The SMILES string of the molecule is COCCN1CCCC1CNC(=O)C(C)C1CNC1.Cl.Cl. The van der Waals surface area contributed by atoms with Gasteiger partial charge in [-0.1, -0.05) is 6.92 Å². The quantitative estimate of drug-likeness (QED) is 0.722. The van der Waals surface area contributed by atoms with E-state index < -0.39 is 0 Å². The van der Waals surface area contributed by atoms with Gasteiger partial charge in [0.1, 0.15) is 0 Å². The molecule has 0 radical (unpaired) electrons. The molecule has 0 aromatic rings. The van der Waals surface area contributed by atoms with E-state index in [1.54, 1.807) is 7.11 Å². The van der Waals surface area contributed by atoms with Crippen LogP contribution in [0.3, 0.4) is 0 Å². The molecule has 2 N–H and O–H groups in total. The molecule has 7 heteroatoms. The minimum absolute atomic E-state index is 0. The van der Waals surface area contributed by atoms with Crippen LogP contribution < -0.4 is 10.6 Å².